The topological polar surface area (TPSA) is 183 Å². The van der Waals surface area contributed by atoms with Crippen molar-refractivity contribution in [2.75, 3.05) is 52.9 Å². The molecule has 0 spiro atoms. The van der Waals surface area contributed by atoms with Gasteiger partial charge in [-0.05, 0) is 99.9 Å². The van der Waals surface area contributed by atoms with Crippen LogP contribution in [0.15, 0.2) is 48.5 Å². The molecule has 0 unspecified atom stereocenters. The molecule has 0 radical (unpaired) electrons. The third-order valence-corrected chi connectivity index (χ3v) is 22.1. The number of hydrogen-bond acceptors (Lipinski definition) is 14. The molecule has 0 saturated heterocycles. The number of ether oxygens (including phenoxy) is 8. The van der Waals surface area contributed by atoms with Crippen LogP contribution in [0.1, 0.15) is 364 Å². The summed E-state index contributed by atoms with van der Waals surface area (Å²) in [6.45, 7) is 22.6. The predicted octanol–water partition coefficient (Wildman–Crippen LogP) is 28.8. The first-order chi connectivity index (χ1) is 55.3. The van der Waals surface area contributed by atoms with E-state index in [9.17, 15) is 0 Å². The minimum atomic E-state index is 0. The van der Waals surface area contributed by atoms with Gasteiger partial charge in [-0.2, -0.15) is 0 Å². The molecular formula is C96H146N8NiO8+2. The molecule has 0 saturated carbocycles. The Labute approximate surface area is 690 Å². The van der Waals surface area contributed by atoms with Gasteiger partial charge in [0.25, 0.3) is 0 Å². The molecule has 9 rings (SSSR count). The van der Waals surface area contributed by atoms with Crippen molar-refractivity contribution in [2.24, 2.45) is 0 Å². The van der Waals surface area contributed by atoms with Crippen molar-refractivity contribution in [2.45, 2.75) is 364 Å². The zero-order valence-electron chi connectivity index (χ0n) is 71.5. The van der Waals surface area contributed by atoms with Crippen LogP contribution in [0, 0.1) is 0 Å². The molecule has 3 aromatic heterocycles. The number of H-pyrrole nitrogens is 2. The molecule has 2 aliphatic rings. The second kappa shape index (κ2) is 54.1. The van der Waals surface area contributed by atoms with Gasteiger partial charge in [0.2, 0.25) is 0 Å². The molecule has 2 N–H and O–H groups in total. The zero-order valence-corrected chi connectivity index (χ0v) is 72.5. The Kier molecular flexibility index (Phi) is 43.9. The van der Waals surface area contributed by atoms with Gasteiger partial charge in [-0.1, -0.05) is 312 Å². The van der Waals surface area contributed by atoms with E-state index in [0.717, 1.165) is 147 Å². The van der Waals surface area contributed by atoms with Gasteiger partial charge in [-0.25, -0.2) is 29.9 Å². The van der Waals surface area contributed by atoms with Crippen LogP contribution in [0.3, 0.4) is 0 Å². The van der Waals surface area contributed by atoms with Crippen molar-refractivity contribution >= 4 is 44.1 Å². The van der Waals surface area contributed by atoms with Crippen LogP contribution in [0.5, 0.6) is 46.0 Å². The average molecular weight is 1600 g/mol. The first-order valence-electron chi connectivity index (χ1n) is 45.9. The Bertz CT molecular complexity index is 3510. The molecule has 7 aromatic rings. The molecule has 2 aliphatic heterocycles. The summed E-state index contributed by atoms with van der Waals surface area (Å²) in [4.78, 5) is 41.4. The second-order valence-corrected chi connectivity index (χ2v) is 31.9. The van der Waals surface area contributed by atoms with Gasteiger partial charge in [-0.15, -0.1) is 0 Å². The first-order valence-corrected chi connectivity index (χ1v) is 45.9. The van der Waals surface area contributed by atoms with Gasteiger partial charge in [0, 0.05) is 43.8 Å². The third kappa shape index (κ3) is 30.0. The van der Waals surface area contributed by atoms with E-state index in [1.54, 1.807) is 0 Å². The Morgan fingerprint density at radius 1 is 0.186 bits per heavy atom. The van der Waals surface area contributed by atoms with Crippen LogP contribution < -0.4 is 37.9 Å². The summed E-state index contributed by atoms with van der Waals surface area (Å²) in [5.41, 5.74) is 5.32. The largest absolute Gasteiger partial charge is 2.00 e. The van der Waals surface area contributed by atoms with Crippen molar-refractivity contribution in [3.05, 3.63) is 48.5 Å². The van der Waals surface area contributed by atoms with Gasteiger partial charge < -0.3 is 47.9 Å². The van der Waals surface area contributed by atoms with Crippen LogP contribution in [-0.2, 0) is 16.5 Å². The second-order valence-electron chi connectivity index (χ2n) is 31.9. The fourth-order valence-electron chi connectivity index (χ4n) is 15.2. The van der Waals surface area contributed by atoms with Crippen molar-refractivity contribution in [3.63, 3.8) is 0 Å². The molecule has 4 aromatic carbocycles. The number of benzene rings is 4. The van der Waals surface area contributed by atoms with Crippen molar-refractivity contribution < 1.29 is 54.4 Å². The maximum atomic E-state index is 6.90. The summed E-state index contributed by atoms with van der Waals surface area (Å²) in [5.74, 6) is 7.23. The molecule has 0 fully saturated rings. The number of rotatable bonds is 64. The van der Waals surface area contributed by atoms with E-state index in [1.807, 2.05) is 0 Å². The van der Waals surface area contributed by atoms with E-state index in [0.29, 0.717) is 145 Å². The minimum absolute atomic E-state index is 0. The molecule has 16 nitrogen and oxygen atoms in total. The maximum absolute atomic E-state index is 6.90. The summed E-state index contributed by atoms with van der Waals surface area (Å²) in [5, 5.41) is 3.21. The SMILES string of the molecule is CCCCCCCCOc1cc2c(cc1OCCCCCCCC)-c1nc-2nc2[nH]c(nc3nc(nc4[nH]c(n1)c1cc(OCCCCCCCC)c(OCCCCCCCC)cc41)-c1cc(OCCCCCCCC)c(OCCCCCCCC)cc1-3)c1cc(OCCCCCCCC)c(OCCCCCCCC)cc21.[Ni+2]. The molecule has 113 heavy (non-hydrogen) atoms. The van der Waals surface area contributed by atoms with E-state index in [1.165, 1.54) is 205 Å². The predicted molar refractivity (Wildman–Crippen MR) is 467 cm³/mol. The number of fused-ring (bicyclic) bond motifs is 20. The Balaban J connectivity index is 0.0000160. The molecule has 8 bridgehead atoms. The standard InChI is InChI=1S/C96H146N8O8.Ni/c1-9-17-25-33-41-49-57-105-81-65-73-74(66-82(81)106-58-50-42-34-26-18-10-2)90-97-89(73)101-91-75-67-83(107-59-51-43-35-27-19-11-3)84(108-60-52-44-36-28-20-12-4)68-76(75)93(98-91)103-95-79-71-87(111-63-55-47-39-31-23-15-7)88(112-64-56-48-40-32-24-16-8)72-80(79)96(100-95)104-94-78-70-86(110-62-54-46-38-30-22-14-6)85(69-77(78)92(99-94)102-90)109-61-53-45-37-29-21-13-5;/h65-72H,9-64H2,1-8H3,(H2,97,98,99,100,101,102,103,104);/q;+2. The van der Waals surface area contributed by atoms with Gasteiger partial charge >= 0.3 is 16.5 Å². The van der Waals surface area contributed by atoms with Crippen LogP contribution in [0.2, 0.25) is 0 Å². The third-order valence-electron chi connectivity index (χ3n) is 22.1. The summed E-state index contributed by atoms with van der Waals surface area (Å²) < 4.78 is 55.2. The number of hydrogen-bond donors (Lipinski definition) is 2. The molecule has 5 heterocycles. The molecular weight excluding hydrogens is 1450 g/mol. The fourth-order valence-corrected chi connectivity index (χ4v) is 15.2. The van der Waals surface area contributed by atoms with Crippen LogP contribution in [-0.4, -0.2) is 92.7 Å². The fraction of sp³-hybridized carbons (Fsp3) is 0.667. The summed E-state index contributed by atoms with van der Waals surface area (Å²) in [6.07, 6.45) is 55.2. The number of nitrogens with one attached hydrogen (secondary N) is 2. The summed E-state index contributed by atoms with van der Waals surface area (Å²) in [7, 11) is 0. The van der Waals surface area contributed by atoms with Crippen LogP contribution >= 0.6 is 0 Å². The Morgan fingerprint density at radius 2 is 0.327 bits per heavy atom. The van der Waals surface area contributed by atoms with Crippen LogP contribution in [0.25, 0.3) is 89.7 Å². The van der Waals surface area contributed by atoms with Crippen molar-refractivity contribution in [3.8, 4) is 91.5 Å². The van der Waals surface area contributed by atoms with E-state index in [2.05, 4.69) is 114 Å². The van der Waals surface area contributed by atoms with Gasteiger partial charge in [0.15, 0.2) is 69.3 Å². The number of aromatic nitrogens is 8. The van der Waals surface area contributed by atoms with E-state index >= 15 is 0 Å². The van der Waals surface area contributed by atoms with Gasteiger partial charge in [0.1, 0.15) is 22.6 Å². The quantitative estimate of drug-likeness (QED) is 0.0271. The summed E-state index contributed by atoms with van der Waals surface area (Å²) >= 11 is 0. The minimum Gasteiger partial charge on any atom is -0.490 e. The summed E-state index contributed by atoms with van der Waals surface area (Å²) in [6, 6.07) is 16.8. The maximum Gasteiger partial charge on any atom is 2.00 e. The molecule has 0 atom stereocenters. The normalized spacial score (nSPS) is 11.7. The Morgan fingerprint density at radius 3 is 0.487 bits per heavy atom. The van der Waals surface area contributed by atoms with E-state index < -0.39 is 0 Å². The zero-order chi connectivity index (χ0) is 78.4. The van der Waals surface area contributed by atoms with E-state index in [4.69, 9.17) is 67.8 Å². The first kappa shape index (κ1) is 91.7. The average Bonchev–Trinajstić information content (AvgIpc) is 1.62. The van der Waals surface area contributed by atoms with Crippen molar-refractivity contribution in [1.82, 2.24) is 39.9 Å². The van der Waals surface area contributed by atoms with Gasteiger partial charge in [-0.3, -0.25) is 0 Å². The number of unbranched alkanes of at least 4 members (excludes halogenated alkanes) is 40. The van der Waals surface area contributed by atoms with E-state index in [-0.39, 0.29) is 16.5 Å². The van der Waals surface area contributed by atoms with Gasteiger partial charge in [0.05, 0.1) is 52.9 Å². The molecule has 626 valence electrons. The number of aromatic amines is 2. The van der Waals surface area contributed by atoms with Crippen LogP contribution in [0.4, 0.5) is 0 Å². The van der Waals surface area contributed by atoms with Crippen molar-refractivity contribution in [1.29, 1.82) is 0 Å². The Hall–Kier alpha value is -6.87. The molecule has 0 amide bonds. The molecule has 17 heteroatoms. The smallest absolute Gasteiger partial charge is 0.490 e. The molecule has 0 aliphatic carbocycles. The number of nitrogens with zero attached hydrogens (tertiary/aromatic N) is 6. The monoisotopic (exact) mass is 1600 g/mol.